The molecule has 1 aliphatic rings. The van der Waals surface area contributed by atoms with Crippen LogP contribution >= 0.6 is 0 Å². The Labute approximate surface area is 172 Å². The smallest absolute Gasteiger partial charge is 0.186 e. The molecule has 0 amide bonds. The topological polar surface area (TPSA) is 84.2 Å². The first kappa shape index (κ1) is 17.1. The fourth-order valence-corrected chi connectivity index (χ4v) is 3.97. The van der Waals surface area contributed by atoms with Crippen molar-refractivity contribution >= 4 is 22.1 Å². The number of nitrogens with zero attached hydrogens (tertiary/aromatic N) is 6. The van der Waals surface area contributed by atoms with Crippen LogP contribution in [0.5, 0.6) is 0 Å². The lowest BCUT2D eigenvalue weighted by Crippen LogP contribution is -2.36. The minimum absolute atomic E-state index is 0.706. The van der Waals surface area contributed by atoms with Gasteiger partial charge in [0.15, 0.2) is 17.3 Å². The van der Waals surface area contributed by atoms with Crippen LogP contribution < -0.4 is 4.90 Å². The number of fused-ring (bicyclic) bond motifs is 3. The molecule has 0 spiro atoms. The van der Waals surface area contributed by atoms with Crippen LogP contribution in [0.1, 0.15) is 0 Å². The van der Waals surface area contributed by atoms with Gasteiger partial charge in [-0.05, 0) is 24.3 Å². The van der Waals surface area contributed by atoms with Crippen molar-refractivity contribution in [2.45, 2.75) is 0 Å². The molecule has 148 valence electrons. The fourth-order valence-electron chi connectivity index (χ4n) is 3.97. The number of H-pyrrole nitrogens is 1. The van der Waals surface area contributed by atoms with Crippen molar-refractivity contribution in [3.63, 3.8) is 0 Å². The van der Waals surface area contributed by atoms with Crippen molar-refractivity contribution in [2.24, 2.45) is 0 Å². The fraction of sp³-hybridized carbons (Fsp3) is 0.182. The summed E-state index contributed by atoms with van der Waals surface area (Å²) < 4.78 is 7.26. The second-order valence-electron chi connectivity index (χ2n) is 7.24. The molecule has 30 heavy (non-hydrogen) atoms. The largest absolute Gasteiger partial charge is 0.378 e. The van der Waals surface area contributed by atoms with E-state index in [0.29, 0.717) is 5.82 Å². The van der Waals surface area contributed by atoms with Crippen LogP contribution in [0.4, 0.5) is 5.69 Å². The zero-order valence-corrected chi connectivity index (χ0v) is 16.2. The number of ether oxygens (including phenoxy) is 1. The minimum Gasteiger partial charge on any atom is -0.378 e. The van der Waals surface area contributed by atoms with Crippen LogP contribution in [0, 0.1) is 0 Å². The molecule has 8 heteroatoms. The van der Waals surface area contributed by atoms with E-state index in [2.05, 4.69) is 49.3 Å². The third-order valence-corrected chi connectivity index (χ3v) is 5.49. The summed E-state index contributed by atoms with van der Waals surface area (Å²) in [5.41, 5.74) is 3.65. The predicted octanol–water partition coefficient (Wildman–Crippen LogP) is 3.17. The Morgan fingerprint density at radius 3 is 2.47 bits per heavy atom. The van der Waals surface area contributed by atoms with Gasteiger partial charge >= 0.3 is 0 Å². The van der Waals surface area contributed by atoms with E-state index in [4.69, 9.17) is 9.84 Å². The number of aromatic amines is 1. The molecule has 0 radical (unpaired) electrons. The number of morpholine rings is 1. The molecule has 5 aromatic rings. The Balaban J connectivity index is 1.49. The standard InChI is InChI=1S/C22H19N7O/c1-2-4-18-17(3-1)19(20-23-9-10-24-20)27-29-21(25-26-22(18)29)15-5-7-16(8-6-15)28-11-13-30-14-12-28/h1-10H,11-14H2,(H,23,24). The summed E-state index contributed by atoms with van der Waals surface area (Å²) in [7, 11) is 0. The van der Waals surface area contributed by atoms with Crippen LogP contribution in [-0.4, -0.2) is 56.1 Å². The zero-order chi connectivity index (χ0) is 19.9. The molecule has 4 heterocycles. The van der Waals surface area contributed by atoms with E-state index < -0.39 is 0 Å². The number of aromatic nitrogens is 6. The highest BCUT2D eigenvalue weighted by atomic mass is 16.5. The second kappa shape index (κ2) is 6.93. The molecule has 2 aromatic carbocycles. The number of nitrogens with one attached hydrogen (secondary N) is 1. The van der Waals surface area contributed by atoms with Gasteiger partial charge in [0.1, 0.15) is 5.69 Å². The van der Waals surface area contributed by atoms with E-state index in [1.165, 1.54) is 5.69 Å². The Bertz CT molecular complexity index is 1320. The SMILES string of the molecule is c1ccc2c(c1)c(-c1ncc[nH]1)nn1c(-c3ccc(N4CCOCC4)cc3)nnc21. The van der Waals surface area contributed by atoms with Crippen LogP contribution in [0.25, 0.3) is 39.3 Å². The first-order valence-electron chi connectivity index (χ1n) is 9.95. The number of hydrogen-bond acceptors (Lipinski definition) is 6. The van der Waals surface area contributed by atoms with E-state index in [1.807, 2.05) is 28.8 Å². The van der Waals surface area contributed by atoms with Crippen molar-refractivity contribution < 1.29 is 4.74 Å². The molecule has 6 rings (SSSR count). The maximum atomic E-state index is 5.45. The third-order valence-electron chi connectivity index (χ3n) is 5.49. The maximum absolute atomic E-state index is 5.45. The average molecular weight is 397 g/mol. The summed E-state index contributed by atoms with van der Waals surface area (Å²) in [6.45, 7) is 3.35. The number of imidazole rings is 1. The molecule has 1 aliphatic heterocycles. The van der Waals surface area contributed by atoms with E-state index in [0.717, 1.165) is 59.8 Å². The molecule has 1 saturated heterocycles. The number of anilines is 1. The minimum atomic E-state index is 0.706. The van der Waals surface area contributed by atoms with Crippen molar-refractivity contribution in [1.82, 2.24) is 29.8 Å². The van der Waals surface area contributed by atoms with E-state index in [9.17, 15) is 0 Å². The van der Waals surface area contributed by atoms with Crippen molar-refractivity contribution in [1.29, 1.82) is 0 Å². The van der Waals surface area contributed by atoms with Gasteiger partial charge in [-0.2, -0.15) is 9.61 Å². The van der Waals surface area contributed by atoms with Gasteiger partial charge in [-0.1, -0.05) is 24.3 Å². The highest BCUT2D eigenvalue weighted by Gasteiger charge is 2.18. The Morgan fingerprint density at radius 2 is 1.70 bits per heavy atom. The molecule has 0 unspecified atom stereocenters. The van der Waals surface area contributed by atoms with Crippen molar-refractivity contribution in [3.05, 3.63) is 60.9 Å². The van der Waals surface area contributed by atoms with Crippen molar-refractivity contribution in [2.75, 3.05) is 31.2 Å². The molecule has 3 aromatic heterocycles. The first-order valence-corrected chi connectivity index (χ1v) is 9.95. The van der Waals surface area contributed by atoms with Gasteiger partial charge < -0.3 is 14.6 Å². The summed E-state index contributed by atoms with van der Waals surface area (Å²) in [5.74, 6) is 1.42. The van der Waals surface area contributed by atoms with E-state index >= 15 is 0 Å². The molecule has 0 bridgehead atoms. The Hall–Kier alpha value is -3.78. The van der Waals surface area contributed by atoms with Gasteiger partial charge in [0.2, 0.25) is 0 Å². The summed E-state index contributed by atoms with van der Waals surface area (Å²) in [5, 5.41) is 15.8. The molecular weight excluding hydrogens is 378 g/mol. The van der Waals surface area contributed by atoms with Gasteiger partial charge in [-0.15, -0.1) is 10.2 Å². The van der Waals surface area contributed by atoms with Gasteiger partial charge in [0.05, 0.1) is 13.2 Å². The van der Waals surface area contributed by atoms with Crippen LogP contribution in [0.3, 0.4) is 0 Å². The Kier molecular flexibility index (Phi) is 3.95. The molecule has 8 nitrogen and oxygen atoms in total. The summed E-state index contributed by atoms with van der Waals surface area (Å²) in [6, 6.07) is 16.5. The summed E-state index contributed by atoms with van der Waals surface area (Å²) in [6.07, 6.45) is 3.53. The third kappa shape index (κ3) is 2.73. The maximum Gasteiger partial charge on any atom is 0.186 e. The number of hydrogen-bond donors (Lipinski definition) is 1. The van der Waals surface area contributed by atoms with Crippen LogP contribution in [0.2, 0.25) is 0 Å². The van der Waals surface area contributed by atoms with Gasteiger partial charge in [0.25, 0.3) is 0 Å². The van der Waals surface area contributed by atoms with Crippen LogP contribution in [-0.2, 0) is 4.74 Å². The number of benzene rings is 2. The lowest BCUT2D eigenvalue weighted by Gasteiger charge is -2.28. The highest BCUT2D eigenvalue weighted by molar-refractivity contribution is 6.00. The van der Waals surface area contributed by atoms with Crippen molar-refractivity contribution in [3.8, 4) is 22.9 Å². The first-order chi connectivity index (χ1) is 14.9. The molecular formula is C22H19N7O. The molecule has 1 fully saturated rings. The zero-order valence-electron chi connectivity index (χ0n) is 16.2. The summed E-state index contributed by atoms with van der Waals surface area (Å²) >= 11 is 0. The van der Waals surface area contributed by atoms with Crippen LogP contribution in [0.15, 0.2) is 60.9 Å². The highest BCUT2D eigenvalue weighted by Crippen LogP contribution is 2.29. The average Bonchev–Trinajstić information content (AvgIpc) is 3.49. The molecule has 0 atom stereocenters. The number of rotatable bonds is 3. The lowest BCUT2D eigenvalue weighted by atomic mass is 10.1. The van der Waals surface area contributed by atoms with Gasteiger partial charge in [-0.25, -0.2) is 4.98 Å². The molecule has 1 N–H and O–H groups in total. The molecule has 0 saturated carbocycles. The van der Waals surface area contributed by atoms with Gasteiger partial charge in [0, 0.05) is 47.5 Å². The quantitative estimate of drug-likeness (QED) is 0.503. The molecule has 0 aliphatic carbocycles. The van der Waals surface area contributed by atoms with E-state index in [-0.39, 0.29) is 0 Å². The van der Waals surface area contributed by atoms with Gasteiger partial charge in [-0.3, -0.25) is 0 Å². The predicted molar refractivity (Wildman–Crippen MR) is 114 cm³/mol. The van der Waals surface area contributed by atoms with E-state index in [1.54, 1.807) is 12.4 Å². The second-order valence-corrected chi connectivity index (χ2v) is 7.24. The lowest BCUT2D eigenvalue weighted by molar-refractivity contribution is 0.122. The Morgan fingerprint density at radius 1 is 0.900 bits per heavy atom. The monoisotopic (exact) mass is 397 g/mol. The normalized spacial score (nSPS) is 14.6. The summed E-state index contributed by atoms with van der Waals surface area (Å²) in [4.78, 5) is 9.90.